The summed E-state index contributed by atoms with van der Waals surface area (Å²) in [7, 11) is 0. The average molecular weight is 276 g/mol. The van der Waals surface area contributed by atoms with Crippen LogP contribution in [0.5, 0.6) is 5.75 Å². The number of hydrogen-bond donors (Lipinski definition) is 3. The molecule has 0 radical (unpaired) electrons. The van der Waals surface area contributed by atoms with Crippen molar-refractivity contribution in [2.75, 3.05) is 6.61 Å². The molecule has 0 spiro atoms. The number of aromatic hydroxyl groups is 1. The van der Waals surface area contributed by atoms with E-state index in [2.05, 4.69) is 4.74 Å². The molecule has 1 aromatic rings. The first-order chi connectivity index (χ1) is 8.86. The van der Waals surface area contributed by atoms with Crippen molar-refractivity contribution in [3.63, 3.8) is 0 Å². The Labute approximate surface area is 108 Å². The van der Waals surface area contributed by atoms with E-state index in [1.54, 1.807) is 6.92 Å². The van der Waals surface area contributed by atoms with Gasteiger partial charge in [0, 0.05) is 12.1 Å². The lowest BCUT2D eigenvalue weighted by atomic mass is 10.0. The number of ether oxygens (including phenoxy) is 1. The molecule has 106 valence electrons. The molecule has 7 heteroatoms. The summed E-state index contributed by atoms with van der Waals surface area (Å²) in [5, 5.41) is 28.1. The molecule has 2 unspecified atom stereocenters. The van der Waals surface area contributed by atoms with Crippen LogP contribution in [0.2, 0.25) is 0 Å². The number of aliphatic hydroxyl groups excluding tert-OH is 2. The first kappa shape index (κ1) is 15.3. The first-order valence-corrected chi connectivity index (χ1v) is 5.56. The fraction of sp³-hybridized carbons (Fsp3) is 0.417. The van der Waals surface area contributed by atoms with Crippen LogP contribution in [-0.4, -0.2) is 34.0 Å². The number of aliphatic hydroxyl groups is 2. The third-order valence-electron chi connectivity index (χ3n) is 2.41. The maximum atomic E-state index is 13.4. The molecule has 0 bridgehead atoms. The second kappa shape index (κ2) is 6.44. The first-order valence-electron chi connectivity index (χ1n) is 5.56. The topological polar surface area (TPSA) is 87.0 Å². The largest absolute Gasteiger partial charge is 0.508 e. The third kappa shape index (κ3) is 3.87. The molecule has 0 saturated heterocycles. The standard InChI is InChI=1S/C12H14F2O5/c1-2-19-10(17)5-9(16)12(18)11-7(13)3-6(15)4-8(11)14/h3-4,9,12,15-16,18H,2,5H2,1H3. The molecule has 0 aliphatic heterocycles. The SMILES string of the molecule is CCOC(=O)CC(O)C(O)c1c(F)cc(O)cc1F. The Morgan fingerprint density at radius 1 is 1.32 bits per heavy atom. The number of rotatable bonds is 5. The molecule has 0 aromatic heterocycles. The Morgan fingerprint density at radius 3 is 2.32 bits per heavy atom. The molecular weight excluding hydrogens is 262 g/mol. The van der Waals surface area contributed by atoms with Crippen molar-refractivity contribution in [1.29, 1.82) is 0 Å². The van der Waals surface area contributed by atoms with Gasteiger partial charge in [0.2, 0.25) is 0 Å². The minimum Gasteiger partial charge on any atom is -0.508 e. The van der Waals surface area contributed by atoms with Crippen molar-refractivity contribution in [2.45, 2.75) is 25.6 Å². The summed E-state index contributed by atoms with van der Waals surface area (Å²) in [6, 6.07) is 1.19. The van der Waals surface area contributed by atoms with Crippen LogP contribution in [0, 0.1) is 11.6 Å². The van der Waals surface area contributed by atoms with Crippen LogP contribution in [0.4, 0.5) is 8.78 Å². The molecule has 2 atom stereocenters. The smallest absolute Gasteiger partial charge is 0.308 e. The van der Waals surface area contributed by atoms with Gasteiger partial charge >= 0.3 is 5.97 Å². The molecule has 0 heterocycles. The Morgan fingerprint density at radius 2 is 1.84 bits per heavy atom. The van der Waals surface area contributed by atoms with E-state index in [1.807, 2.05) is 0 Å². The number of phenolic OH excluding ortho intramolecular Hbond substituents is 1. The van der Waals surface area contributed by atoms with Gasteiger partial charge in [0.25, 0.3) is 0 Å². The number of carbonyl (C=O) groups is 1. The Balaban J connectivity index is 2.88. The number of esters is 1. The molecule has 0 amide bonds. The van der Waals surface area contributed by atoms with E-state index in [0.29, 0.717) is 12.1 Å². The number of carbonyl (C=O) groups excluding carboxylic acids is 1. The van der Waals surface area contributed by atoms with Gasteiger partial charge in [0.05, 0.1) is 24.7 Å². The molecule has 3 N–H and O–H groups in total. The molecule has 0 aliphatic carbocycles. The average Bonchev–Trinajstić information content (AvgIpc) is 2.27. The Kier molecular flexibility index (Phi) is 5.20. The van der Waals surface area contributed by atoms with Crippen LogP contribution < -0.4 is 0 Å². The summed E-state index contributed by atoms with van der Waals surface area (Å²) in [5.41, 5.74) is -0.811. The van der Waals surface area contributed by atoms with Gasteiger partial charge < -0.3 is 20.1 Å². The Bertz CT molecular complexity index is 440. The van der Waals surface area contributed by atoms with Gasteiger partial charge in [0.15, 0.2) is 0 Å². The lowest BCUT2D eigenvalue weighted by Gasteiger charge is -2.18. The predicted molar refractivity (Wildman–Crippen MR) is 60.2 cm³/mol. The summed E-state index contributed by atoms with van der Waals surface area (Å²) in [6.45, 7) is 1.64. The number of benzene rings is 1. The van der Waals surface area contributed by atoms with Crippen molar-refractivity contribution >= 4 is 5.97 Å². The molecular formula is C12H14F2O5. The van der Waals surface area contributed by atoms with Crippen LogP contribution in [-0.2, 0) is 9.53 Å². The monoisotopic (exact) mass is 276 g/mol. The molecule has 1 rings (SSSR count). The second-order valence-electron chi connectivity index (χ2n) is 3.84. The Hall–Kier alpha value is -1.73. The maximum Gasteiger partial charge on any atom is 0.308 e. The van der Waals surface area contributed by atoms with Gasteiger partial charge in [0.1, 0.15) is 23.5 Å². The van der Waals surface area contributed by atoms with Crippen LogP contribution in [0.3, 0.4) is 0 Å². The quantitative estimate of drug-likeness (QED) is 0.699. The van der Waals surface area contributed by atoms with E-state index in [0.717, 1.165) is 0 Å². The fourth-order valence-electron chi connectivity index (χ4n) is 1.55. The normalized spacial score (nSPS) is 13.9. The van der Waals surface area contributed by atoms with E-state index in [9.17, 15) is 23.8 Å². The van der Waals surface area contributed by atoms with Gasteiger partial charge in [-0.2, -0.15) is 0 Å². The number of phenols is 1. The zero-order valence-corrected chi connectivity index (χ0v) is 10.1. The van der Waals surface area contributed by atoms with Gasteiger partial charge in [-0.15, -0.1) is 0 Å². The molecule has 1 aromatic carbocycles. The van der Waals surface area contributed by atoms with Crippen molar-refractivity contribution in [3.05, 3.63) is 29.3 Å². The van der Waals surface area contributed by atoms with E-state index in [4.69, 9.17) is 5.11 Å². The lowest BCUT2D eigenvalue weighted by Crippen LogP contribution is -2.24. The zero-order chi connectivity index (χ0) is 14.6. The van der Waals surface area contributed by atoms with E-state index >= 15 is 0 Å². The highest BCUT2D eigenvalue weighted by Gasteiger charge is 2.27. The highest BCUT2D eigenvalue weighted by molar-refractivity contribution is 5.70. The lowest BCUT2D eigenvalue weighted by molar-refractivity contribution is -0.147. The van der Waals surface area contributed by atoms with Crippen molar-refractivity contribution < 1.29 is 33.6 Å². The van der Waals surface area contributed by atoms with E-state index < -0.39 is 47.5 Å². The molecule has 19 heavy (non-hydrogen) atoms. The summed E-state index contributed by atoms with van der Waals surface area (Å²) < 4.78 is 31.4. The van der Waals surface area contributed by atoms with Gasteiger partial charge in [-0.05, 0) is 6.92 Å². The molecule has 0 aliphatic rings. The van der Waals surface area contributed by atoms with Crippen molar-refractivity contribution in [1.82, 2.24) is 0 Å². The molecule has 0 saturated carbocycles. The highest BCUT2D eigenvalue weighted by Crippen LogP contribution is 2.28. The number of halogens is 2. The van der Waals surface area contributed by atoms with Crippen LogP contribution >= 0.6 is 0 Å². The maximum absolute atomic E-state index is 13.4. The minimum absolute atomic E-state index is 0.0869. The third-order valence-corrected chi connectivity index (χ3v) is 2.41. The second-order valence-corrected chi connectivity index (χ2v) is 3.84. The summed E-state index contributed by atoms with van der Waals surface area (Å²) in [4.78, 5) is 11.1. The fourth-order valence-corrected chi connectivity index (χ4v) is 1.55. The number of hydrogen-bond acceptors (Lipinski definition) is 5. The zero-order valence-electron chi connectivity index (χ0n) is 10.1. The van der Waals surface area contributed by atoms with Crippen LogP contribution in [0.25, 0.3) is 0 Å². The van der Waals surface area contributed by atoms with Crippen LogP contribution in [0.15, 0.2) is 12.1 Å². The molecule has 0 fully saturated rings. The van der Waals surface area contributed by atoms with E-state index in [1.165, 1.54) is 0 Å². The van der Waals surface area contributed by atoms with E-state index in [-0.39, 0.29) is 6.61 Å². The van der Waals surface area contributed by atoms with Gasteiger partial charge in [-0.25, -0.2) is 8.78 Å². The van der Waals surface area contributed by atoms with Crippen molar-refractivity contribution in [3.8, 4) is 5.75 Å². The van der Waals surface area contributed by atoms with Crippen LogP contribution in [0.1, 0.15) is 25.0 Å². The van der Waals surface area contributed by atoms with Crippen molar-refractivity contribution in [2.24, 2.45) is 0 Å². The summed E-state index contributed by atoms with van der Waals surface area (Å²) in [6.07, 6.45) is -4.26. The summed E-state index contributed by atoms with van der Waals surface area (Å²) in [5.74, 6) is -3.87. The van der Waals surface area contributed by atoms with Gasteiger partial charge in [-0.1, -0.05) is 0 Å². The minimum atomic E-state index is -1.94. The molecule has 5 nitrogen and oxygen atoms in total. The predicted octanol–water partition coefficient (Wildman–Crippen LogP) is 1.02. The highest BCUT2D eigenvalue weighted by atomic mass is 19.1. The van der Waals surface area contributed by atoms with Gasteiger partial charge in [-0.3, -0.25) is 4.79 Å². The summed E-state index contributed by atoms with van der Waals surface area (Å²) >= 11 is 0.